The number of nitrogens with one attached hydrogen (secondary N) is 1. The molecule has 1 rings (SSSR count). The Kier molecular flexibility index (Phi) is 6.80. The van der Waals surface area contributed by atoms with Gasteiger partial charge in [0.2, 0.25) is 0 Å². The van der Waals surface area contributed by atoms with E-state index >= 15 is 0 Å². The Morgan fingerprint density at radius 3 is 2.62 bits per heavy atom. The van der Waals surface area contributed by atoms with Crippen LogP contribution in [0.5, 0.6) is 5.75 Å². The van der Waals surface area contributed by atoms with Crippen LogP contribution in [0.25, 0.3) is 0 Å². The van der Waals surface area contributed by atoms with E-state index in [1.54, 1.807) is 0 Å². The Morgan fingerprint density at radius 2 is 2.00 bits per heavy atom. The molecule has 0 aliphatic carbocycles. The van der Waals surface area contributed by atoms with E-state index in [1.807, 2.05) is 12.1 Å². The van der Waals surface area contributed by atoms with Crippen molar-refractivity contribution in [1.82, 2.24) is 5.32 Å². The molecule has 2 nitrogen and oxygen atoms in total. The van der Waals surface area contributed by atoms with Gasteiger partial charge in [0.15, 0.2) is 0 Å². The maximum atomic E-state index is 5.71. The van der Waals surface area contributed by atoms with Gasteiger partial charge in [-0.25, -0.2) is 0 Å². The predicted molar refractivity (Wildman–Crippen MR) is 77.0 cm³/mol. The number of hydrogen-bond donors (Lipinski definition) is 1. The summed E-state index contributed by atoms with van der Waals surface area (Å²) in [4.78, 5) is 0. The summed E-state index contributed by atoms with van der Waals surface area (Å²) < 4.78 is 6.95. The molecule has 0 fully saturated rings. The molecule has 0 aliphatic rings. The lowest BCUT2D eigenvalue weighted by Gasteiger charge is -2.13. The third-order valence-corrected chi connectivity index (χ3v) is 2.99. The molecule has 0 aromatic heterocycles. The average molecular weight is 333 g/mol. The molecule has 0 heterocycles. The molecule has 0 aliphatic heterocycles. The average Bonchev–Trinajstić information content (AvgIpc) is 2.29. The van der Waals surface area contributed by atoms with Crippen LogP contribution in [0.3, 0.4) is 0 Å². The molecule has 0 saturated heterocycles. The van der Waals surface area contributed by atoms with E-state index in [4.69, 9.17) is 4.74 Å². The summed E-state index contributed by atoms with van der Waals surface area (Å²) in [5.41, 5.74) is 0. The van der Waals surface area contributed by atoms with Gasteiger partial charge in [-0.1, -0.05) is 13.8 Å². The second kappa shape index (κ2) is 7.90. The highest BCUT2D eigenvalue weighted by Gasteiger charge is 2.02. The Morgan fingerprint density at radius 1 is 1.31 bits per heavy atom. The SMILES string of the molecule is CCCNCC(C)COc1ccc(I)cc1. The third-order valence-electron chi connectivity index (χ3n) is 2.27. The Balaban J connectivity index is 2.20. The van der Waals surface area contributed by atoms with E-state index in [-0.39, 0.29) is 0 Å². The standard InChI is InChI=1S/C13H20INO/c1-3-8-15-9-11(2)10-16-13-6-4-12(14)5-7-13/h4-7,11,15H,3,8-10H2,1-2H3. The molecule has 1 aromatic rings. The minimum atomic E-state index is 0.547. The highest BCUT2D eigenvalue weighted by atomic mass is 127. The molecule has 1 unspecified atom stereocenters. The molecule has 0 spiro atoms. The lowest BCUT2D eigenvalue weighted by atomic mass is 10.2. The maximum Gasteiger partial charge on any atom is 0.119 e. The van der Waals surface area contributed by atoms with Gasteiger partial charge in [0, 0.05) is 16.0 Å². The van der Waals surface area contributed by atoms with Gasteiger partial charge in [-0.3, -0.25) is 0 Å². The summed E-state index contributed by atoms with van der Waals surface area (Å²) in [5.74, 6) is 1.51. The normalized spacial score (nSPS) is 12.4. The van der Waals surface area contributed by atoms with E-state index in [0.717, 1.165) is 25.4 Å². The molecular formula is C13H20INO. The van der Waals surface area contributed by atoms with Crippen LogP contribution in [-0.2, 0) is 0 Å². The number of benzene rings is 1. The quantitative estimate of drug-likeness (QED) is 0.611. The number of halogens is 1. The molecule has 1 aromatic carbocycles. The van der Waals surface area contributed by atoms with Gasteiger partial charge in [0.1, 0.15) is 5.75 Å². The molecule has 0 bridgehead atoms. The van der Waals surface area contributed by atoms with E-state index in [1.165, 1.54) is 9.99 Å². The van der Waals surface area contributed by atoms with Crippen molar-refractivity contribution < 1.29 is 4.74 Å². The number of hydrogen-bond acceptors (Lipinski definition) is 2. The molecule has 0 saturated carbocycles. The van der Waals surface area contributed by atoms with Crippen molar-refractivity contribution in [2.75, 3.05) is 19.7 Å². The maximum absolute atomic E-state index is 5.71. The summed E-state index contributed by atoms with van der Waals surface area (Å²) in [7, 11) is 0. The van der Waals surface area contributed by atoms with Gasteiger partial charge in [-0.05, 0) is 59.8 Å². The van der Waals surface area contributed by atoms with Crippen LogP contribution < -0.4 is 10.1 Å². The Hall–Kier alpha value is -0.290. The minimum Gasteiger partial charge on any atom is -0.493 e. The van der Waals surface area contributed by atoms with Gasteiger partial charge >= 0.3 is 0 Å². The predicted octanol–water partition coefficient (Wildman–Crippen LogP) is 3.31. The molecule has 1 atom stereocenters. The summed E-state index contributed by atoms with van der Waals surface area (Å²) in [6.45, 7) is 7.28. The Labute approximate surface area is 112 Å². The topological polar surface area (TPSA) is 21.3 Å². The molecular weight excluding hydrogens is 313 g/mol. The van der Waals surface area contributed by atoms with Crippen molar-refractivity contribution in [1.29, 1.82) is 0 Å². The summed E-state index contributed by atoms with van der Waals surface area (Å²) in [6, 6.07) is 8.17. The van der Waals surface area contributed by atoms with Crippen molar-refractivity contribution in [2.45, 2.75) is 20.3 Å². The van der Waals surface area contributed by atoms with Gasteiger partial charge < -0.3 is 10.1 Å². The third kappa shape index (κ3) is 5.70. The van der Waals surface area contributed by atoms with Crippen molar-refractivity contribution in [3.8, 4) is 5.75 Å². The van der Waals surface area contributed by atoms with Gasteiger partial charge in [-0.2, -0.15) is 0 Å². The van der Waals surface area contributed by atoms with Gasteiger partial charge in [0.05, 0.1) is 6.61 Å². The molecule has 0 radical (unpaired) electrons. The van der Waals surface area contributed by atoms with Crippen LogP contribution in [0.1, 0.15) is 20.3 Å². The van der Waals surface area contributed by atoms with Crippen molar-refractivity contribution >= 4 is 22.6 Å². The Bertz CT molecular complexity index is 286. The second-order valence-electron chi connectivity index (χ2n) is 4.07. The first-order valence-corrected chi connectivity index (χ1v) is 6.89. The molecule has 16 heavy (non-hydrogen) atoms. The first kappa shape index (κ1) is 13.8. The largest absolute Gasteiger partial charge is 0.493 e. The van der Waals surface area contributed by atoms with Crippen LogP contribution in [0.2, 0.25) is 0 Å². The highest BCUT2D eigenvalue weighted by molar-refractivity contribution is 14.1. The monoisotopic (exact) mass is 333 g/mol. The molecule has 0 amide bonds. The molecule has 1 N–H and O–H groups in total. The van der Waals surface area contributed by atoms with Crippen LogP contribution in [-0.4, -0.2) is 19.7 Å². The zero-order chi connectivity index (χ0) is 11.8. The first-order valence-electron chi connectivity index (χ1n) is 5.81. The lowest BCUT2D eigenvalue weighted by molar-refractivity contribution is 0.256. The highest BCUT2D eigenvalue weighted by Crippen LogP contribution is 2.14. The van der Waals surface area contributed by atoms with E-state index in [0.29, 0.717) is 5.92 Å². The summed E-state index contributed by atoms with van der Waals surface area (Å²) >= 11 is 2.30. The first-order chi connectivity index (χ1) is 7.72. The van der Waals surface area contributed by atoms with Gasteiger partial charge in [-0.15, -0.1) is 0 Å². The summed E-state index contributed by atoms with van der Waals surface area (Å²) in [6.07, 6.45) is 1.19. The smallest absolute Gasteiger partial charge is 0.119 e. The fourth-order valence-corrected chi connectivity index (χ4v) is 1.71. The molecule has 90 valence electrons. The fraction of sp³-hybridized carbons (Fsp3) is 0.538. The van der Waals surface area contributed by atoms with Crippen LogP contribution in [0.4, 0.5) is 0 Å². The van der Waals surface area contributed by atoms with E-state index < -0.39 is 0 Å². The van der Waals surface area contributed by atoms with Crippen molar-refractivity contribution in [3.05, 3.63) is 27.8 Å². The van der Waals surface area contributed by atoms with Crippen LogP contribution in [0, 0.1) is 9.49 Å². The minimum absolute atomic E-state index is 0.547. The molecule has 3 heteroatoms. The number of ether oxygens (including phenoxy) is 1. The van der Waals surface area contributed by atoms with Crippen LogP contribution in [0.15, 0.2) is 24.3 Å². The van der Waals surface area contributed by atoms with Gasteiger partial charge in [0.25, 0.3) is 0 Å². The lowest BCUT2D eigenvalue weighted by Crippen LogP contribution is -2.25. The summed E-state index contributed by atoms with van der Waals surface area (Å²) in [5, 5.41) is 3.40. The zero-order valence-electron chi connectivity index (χ0n) is 10.0. The van der Waals surface area contributed by atoms with Crippen molar-refractivity contribution in [3.63, 3.8) is 0 Å². The van der Waals surface area contributed by atoms with Crippen LogP contribution >= 0.6 is 22.6 Å². The van der Waals surface area contributed by atoms with E-state index in [2.05, 4.69) is 53.9 Å². The van der Waals surface area contributed by atoms with Crippen molar-refractivity contribution in [2.24, 2.45) is 5.92 Å². The number of rotatable bonds is 7. The second-order valence-corrected chi connectivity index (χ2v) is 5.32. The fourth-order valence-electron chi connectivity index (χ4n) is 1.35. The zero-order valence-corrected chi connectivity index (χ0v) is 12.2. The van der Waals surface area contributed by atoms with E-state index in [9.17, 15) is 0 Å².